The van der Waals surface area contributed by atoms with Crippen LogP contribution < -0.4 is 0 Å². The number of aryl methyl sites for hydroxylation is 1. The van der Waals surface area contributed by atoms with E-state index in [1.165, 1.54) is 16.8 Å². The standard InChI is InChI=1S/C24H30B4N4O/c1-16-7-5-6-10-19(16)24(27,28)32-21(33)18-15-30(23(25,26)17-8-3-2-4-9-17)13-11-20(18)31-14-12-29-22(31)32/h2-10H,11-15,25-28H2,1H3. The SMILES string of the molecule is BC(B)(c1ccccc1)N1CCC2=C(C1)C(=O)N(C(B)(B)c1ccccc1C)C1=NCCN12. The lowest BCUT2D eigenvalue weighted by Crippen LogP contribution is -2.63. The fourth-order valence-corrected chi connectivity index (χ4v) is 5.74. The summed E-state index contributed by atoms with van der Waals surface area (Å²) in [5.74, 6) is 0.923. The summed E-state index contributed by atoms with van der Waals surface area (Å²) in [5.41, 5.74) is 5.73. The van der Waals surface area contributed by atoms with Gasteiger partial charge in [-0.2, -0.15) is 0 Å². The molecule has 5 nitrogen and oxygen atoms in total. The number of carbonyl (C=O) groups is 1. The number of hydrogen-bond acceptors (Lipinski definition) is 4. The fraction of sp³-hybridized carbons (Fsp3) is 0.333. The molecule has 5 rings (SSSR count). The molecule has 0 unspecified atom stereocenters. The van der Waals surface area contributed by atoms with Crippen LogP contribution in [0.2, 0.25) is 0 Å². The Hall–Kier alpha value is -2.66. The van der Waals surface area contributed by atoms with Gasteiger partial charge in [-0.05, 0) is 29.0 Å². The van der Waals surface area contributed by atoms with Crippen molar-refractivity contribution in [2.24, 2.45) is 4.99 Å². The summed E-state index contributed by atoms with van der Waals surface area (Å²) in [6.07, 6.45) is 0.870. The molecule has 0 radical (unpaired) electrons. The molecule has 0 N–H and O–H groups in total. The molecule has 0 aliphatic carbocycles. The molecule has 0 atom stereocenters. The predicted molar refractivity (Wildman–Crippen MR) is 144 cm³/mol. The molecule has 164 valence electrons. The molecule has 0 aromatic heterocycles. The highest BCUT2D eigenvalue weighted by Crippen LogP contribution is 2.38. The van der Waals surface area contributed by atoms with Gasteiger partial charge in [-0.25, -0.2) is 0 Å². The molecule has 1 amide bonds. The first-order chi connectivity index (χ1) is 15.7. The molecular weight excluding hydrogens is 404 g/mol. The quantitative estimate of drug-likeness (QED) is 0.576. The minimum Gasteiger partial charge on any atom is -0.314 e. The van der Waals surface area contributed by atoms with Crippen molar-refractivity contribution >= 4 is 43.3 Å². The second-order valence-corrected chi connectivity index (χ2v) is 10.4. The number of benzene rings is 2. The summed E-state index contributed by atoms with van der Waals surface area (Å²) in [4.78, 5) is 25.7. The van der Waals surface area contributed by atoms with Crippen LogP contribution in [0.1, 0.15) is 23.1 Å². The number of rotatable bonds is 4. The van der Waals surface area contributed by atoms with E-state index < -0.39 is 5.34 Å². The van der Waals surface area contributed by atoms with Crippen molar-refractivity contribution in [2.75, 3.05) is 26.2 Å². The van der Waals surface area contributed by atoms with E-state index in [9.17, 15) is 4.79 Å². The fourth-order valence-electron chi connectivity index (χ4n) is 5.74. The van der Waals surface area contributed by atoms with Gasteiger partial charge >= 0.3 is 0 Å². The Balaban J connectivity index is 1.54. The van der Waals surface area contributed by atoms with Crippen LogP contribution in [0.15, 0.2) is 70.9 Å². The summed E-state index contributed by atoms with van der Waals surface area (Å²) in [7, 11) is 8.82. The maximum Gasteiger partial charge on any atom is 0.259 e. The van der Waals surface area contributed by atoms with Crippen molar-refractivity contribution in [1.82, 2.24) is 14.7 Å². The molecule has 0 saturated heterocycles. The van der Waals surface area contributed by atoms with E-state index in [1.807, 2.05) is 4.90 Å². The van der Waals surface area contributed by atoms with Crippen LogP contribution in [0.3, 0.4) is 0 Å². The van der Waals surface area contributed by atoms with Crippen molar-refractivity contribution in [3.63, 3.8) is 0 Å². The smallest absolute Gasteiger partial charge is 0.259 e. The molecule has 33 heavy (non-hydrogen) atoms. The van der Waals surface area contributed by atoms with Crippen LogP contribution >= 0.6 is 0 Å². The second kappa shape index (κ2) is 7.98. The van der Waals surface area contributed by atoms with E-state index in [2.05, 4.69) is 103 Å². The van der Waals surface area contributed by atoms with Crippen molar-refractivity contribution in [2.45, 2.75) is 24.0 Å². The van der Waals surface area contributed by atoms with Gasteiger partial charge in [-0.15, -0.1) is 0 Å². The second-order valence-electron chi connectivity index (χ2n) is 10.4. The number of guanidine groups is 1. The zero-order valence-electron chi connectivity index (χ0n) is 20.4. The van der Waals surface area contributed by atoms with E-state index in [-0.39, 0.29) is 11.2 Å². The first-order valence-corrected chi connectivity index (χ1v) is 12.0. The van der Waals surface area contributed by atoms with Crippen molar-refractivity contribution in [3.8, 4) is 0 Å². The zero-order chi connectivity index (χ0) is 23.4. The molecule has 0 bridgehead atoms. The third-order valence-electron chi connectivity index (χ3n) is 7.76. The summed E-state index contributed by atoms with van der Waals surface area (Å²) in [6.45, 7) is 5.29. The molecule has 3 aliphatic heterocycles. The molecule has 2 aromatic carbocycles. The average molecular weight is 434 g/mol. The molecular formula is C24H30B4N4O. The Bertz CT molecular complexity index is 1160. The van der Waals surface area contributed by atoms with Crippen LogP contribution in [0.5, 0.6) is 0 Å². The average Bonchev–Trinajstić information content (AvgIpc) is 3.29. The Labute approximate surface area is 200 Å². The first kappa shape index (κ1) is 22.1. The van der Waals surface area contributed by atoms with Crippen LogP contribution in [0, 0.1) is 6.92 Å². The van der Waals surface area contributed by atoms with Crippen LogP contribution in [-0.4, -0.2) is 84.1 Å². The Kier molecular flexibility index (Phi) is 5.36. The number of nitrogens with zero attached hydrogens (tertiary/aromatic N) is 4. The van der Waals surface area contributed by atoms with E-state index in [0.29, 0.717) is 6.54 Å². The molecule has 3 heterocycles. The number of carbonyl (C=O) groups excluding carboxylic acids is 1. The van der Waals surface area contributed by atoms with E-state index in [1.54, 1.807) is 0 Å². The highest BCUT2D eigenvalue weighted by atomic mass is 16.2. The van der Waals surface area contributed by atoms with Crippen molar-refractivity contribution in [1.29, 1.82) is 0 Å². The molecule has 0 saturated carbocycles. The predicted octanol–water partition coefficient (Wildman–Crippen LogP) is -1.08. The minimum absolute atomic E-state index is 0.101. The summed E-state index contributed by atoms with van der Waals surface area (Å²) in [5, 5.41) is -0.657. The van der Waals surface area contributed by atoms with Gasteiger partial charge in [-0.1, -0.05) is 54.6 Å². The lowest BCUT2D eigenvalue weighted by molar-refractivity contribution is -0.126. The van der Waals surface area contributed by atoms with Crippen molar-refractivity contribution in [3.05, 3.63) is 82.6 Å². The third kappa shape index (κ3) is 3.48. The molecule has 9 heteroatoms. The first-order valence-electron chi connectivity index (χ1n) is 12.0. The lowest BCUT2D eigenvalue weighted by Gasteiger charge is -2.50. The maximum atomic E-state index is 14.2. The van der Waals surface area contributed by atoms with E-state index in [0.717, 1.165) is 43.2 Å². The summed E-state index contributed by atoms with van der Waals surface area (Å²) in [6, 6.07) is 19.0. The normalized spacial score (nSPS) is 19.4. The summed E-state index contributed by atoms with van der Waals surface area (Å²) >= 11 is 0. The van der Waals surface area contributed by atoms with Gasteiger partial charge in [0.1, 0.15) is 31.4 Å². The Morgan fingerprint density at radius 1 is 0.909 bits per heavy atom. The van der Waals surface area contributed by atoms with Gasteiger partial charge in [-0.3, -0.25) is 14.7 Å². The van der Waals surface area contributed by atoms with Crippen LogP contribution in [0.25, 0.3) is 0 Å². The van der Waals surface area contributed by atoms with Gasteiger partial charge in [0, 0.05) is 37.1 Å². The Morgan fingerprint density at radius 2 is 1.61 bits per heavy atom. The number of amides is 1. The minimum atomic E-state index is -0.500. The lowest BCUT2D eigenvalue weighted by atomic mass is 9.55. The molecule has 0 fully saturated rings. The monoisotopic (exact) mass is 434 g/mol. The largest absolute Gasteiger partial charge is 0.314 e. The van der Waals surface area contributed by atoms with Gasteiger partial charge in [0.2, 0.25) is 5.96 Å². The van der Waals surface area contributed by atoms with Gasteiger partial charge in [0.25, 0.3) is 5.91 Å². The number of fused-ring (bicyclic) bond motifs is 2. The Morgan fingerprint density at radius 3 is 2.33 bits per heavy atom. The molecule has 2 aromatic rings. The topological polar surface area (TPSA) is 39.2 Å². The van der Waals surface area contributed by atoms with Crippen LogP contribution in [0.4, 0.5) is 0 Å². The van der Waals surface area contributed by atoms with E-state index in [4.69, 9.17) is 4.99 Å². The molecule has 0 spiro atoms. The van der Waals surface area contributed by atoms with Gasteiger partial charge in [0.15, 0.2) is 0 Å². The maximum absolute atomic E-state index is 14.2. The summed E-state index contributed by atoms with van der Waals surface area (Å²) < 4.78 is 0. The number of hydrogen-bond donors (Lipinski definition) is 0. The van der Waals surface area contributed by atoms with Gasteiger partial charge in [0.05, 0.1) is 12.1 Å². The van der Waals surface area contributed by atoms with Crippen LogP contribution in [-0.2, 0) is 15.5 Å². The van der Waals surface area contributed by atoms with Gasteiger partial charge < -0.3 is 9.80 Å². The highest BCUT2D eigenvalue weighted by Gasteiger charge is 2.48. The molecule has 3 aliphatic rings. The van der Waals surface area contributed by atoms with E-state index >= 15 is 0 Å². The third-order valence-corrected chi connectivity index (χ3v) is 7.76. The number of aliphatic imine (C=N–C) groups is 1. The highest BCUT2D eigenvalue weighted by molar-refractivity contribution is 6.43. The zero-order valence-corrected chi connectivity index (χ0v) is 20.4. The van der Waals surface area contributed by atoms with Crippen molar-refractivity contribution < 1.29 is 4.79 Å².